The number of esters is 2. The molecule has 0 spiro atoms. The van der Waals surface area contributed by atoms with Gasteiger partial charge in [0.05, 0.1) is 19.3 Å². The summed E-state index contributed by atoms with van der Waals surface area (Å²) in [7, 11) is 1.35. The summed E-state index contributed by atoms with van der Waals surface area (Å²) < 4.78 is 16.4. The fourth-order valence-corrected chi connectivity index (χ4v) is 3.70. The number of halogens is 1. The lowest BCUT2D eigenvalue weighted by molar-refractivity contribution is -0.142. The molecular formula is C18H20BrNO5. The van der Waals surface area contributed by atoms with Gasteiger partial charge >= 0.3 is 11.9 Å². The number of carbonyl (C=O) groups excluding carboxylic acids is 2. The minimum Gasteiger partial charge on any atom is -0.466 e. The first kappa shape index (κ1) is 17.9. The van der Waals surface area contributed by atoms with E-state index in [-0.39, 0.29) is 11.9 Å². The second-order valence-corrected chi connectivity index (χ2v) is 7.22. The number of hydrogen-bond donors (Lipinski definition) is 0. The van der Waals surface area contributed by atoms with Crippen LogP contribution in [-0.4, -0.2) is 30.6 Å². The third-order valence-corrected chi connectivity index (χ3v) is 5.27. The van der Waals surface area contributed by atoms with Gasteiger partial charge in [0, 0.05) is 17.3 Å². The van der Waals surface area contributed by atoms with Crippen LogP contribution in [0.3, 0.4) is 0 Å². The van der Waals surface area contributed by atoms with E-state index in [0.29, 0.717) is 39.6 Å². The van der Waals surface area contributed by atoms with Gasteiger partial charge in [-0.05, 0) is 59.7 Å². The smallest absolute Gasteiger partial charge is 0.339 e. The number of hydrogen-bond acceptors (Lipinski definition) is 6. The summed E-state index contributed by atoms with van der Waals surface area (Å²) >= 11 is 3.37. The molecular weight excluding hydrogens is 390 g/mol. The highest BCUT2D eigenvalue weighted by Gasteiger charge is 2.27. The molecule has 0 atom stereocenters. The van der Waals surface area contributed by atoms with Crippen molar-refractivity contribution in [1.29, 1.82) is 0 Å². The molecule has 1 aliphatic carbocycles. The van der Waals surface area contributed by atoms with E-state index < -0.39 is 5.97 Å². The summed E-state index contributed by atoms with van der Waals surface area (Å²) in [6, 6.07) is 3.44. The molecule has 1 heterocycles. The van der Waals surface area contributed by atoms with Crippen LogP contribution >= 0.6 is 15.9 Å². The first-order chi connectivity index (χ1) is 12.0. The molecule has 25 heavy (non-hydrogen) atoms. The van der Waals surface area contributed by atoms with Crippen molar-refractivity contribution in [3.8, 4) is 0 Å². The predicted octanol–water partition coefficient (Wildman–Crippen LogP) is 4.21. The molecule has 134 valence electrons. The van der Waals surface area contributed by atoms with Crippen LogP contribution in [0.25, 0.3) is 11.1 Å². The van der Waals surface area contributed by atoms with Gasteiger partial charge in [-0.15, -0.1) is 0 Å². The van der Waals surface area contributed by atoms with Crippen molar-refractivity contribution < 1.29 is 23.5 Å². The zero-order valence-corrected chi connectivity index (χ0v) is 15.8. The predicted molar refractivity (Wildman–Crippen MR) is 94.4 cm³/mol. The maximum Gasteiger partial charge on any atom is 0.339 e. The fraction of sp³-hybridized carbons (Fsp3) is 0.500. The lowest BCUT2D eigenvalue weighted by Gasteiger charge is -2.26. The summed E-state index contributed by atoms with van der Waals surface area (Å²) in [5, 5.41) is 0. The minimum absolute atomic E-state index is 0.229. The van der Waals surface area contributed by atoms with E-state index in [1.807, 2.05) is 0 Å². The summed E-state index contributed by atoms with van der Waals surface area (Å²) in [5.41, 5.74) is 1.73. The highest BCUT2D eigenvalue weighted by atomic mass is 79.9. The van der Waals surface area contributed by atoms with Crippen molar-refractivity contribution in [2.75, 3.05) is 13.7 Å². The summed E-state index contributed by atoms with van der Waals surface area (Å²) in [5.74, 6) is 0.721. The van der Waals surface area contributed by atoms with Crippen LogP contribution in [0.2, 0.25) is 0 Å². The second-order valence-electron chi connectivity index (χ2n) is 6.36. The Morgan fingerprint density at radius 3 is 2.64 bits per heavy atom. The normalized spacial score (nSPS) is 20.4. The molecule has 1 aliphatic rings. The Labute approximate surface area is 154 Å². The number of carbonyl (C=O) groups is 2. The van der Waals surface area contributed by atoms with Crippen LogP contribution in [0.5, 0.6) is 0 Å². The molecule has 0 N–H and O–H groups in total. The van der Waals surface area contributed by atoms with Gasteiger partial charge in [-0.2, -0.15) is 0 Å². The van der Waals surface area contributed by atoms with E-state index in [9.17, 15) is 9.59 Å². The van der Waals surface area contributed by atoms with Crippen molar-refractivity contribution in [1.82, 2.24) is 4.98 Å². The van der Waals surface area contributed by atoms with Crippen molar-refractivity contribution >= 4 is 39.0 Å². The topological polar surface area (TPSA) is 78.6 Å². The maximum absolute atomic E-state index is 11.8. The van der Waals surface area contributed by atoms with E-state index in [1.54, 1.807) is 12.1 Å². The first-order valence-corrected chi connectivity index (χ1v) is 9.09. The fourth-order valence-electron chi connectivity index (χ4n) is 3.22. The minimum atomic E-state index is -0.413. The van der Waals surface area contributed by atoms with Crippen LogP contribution < -0.4 is 0 Å². The van der Waals surface area contributed by atoms with Crippen molar-refractivity contribution in [3.63, 3.8) is 0 Å². The number of rotatable bonds is 4. The number of oxazole rings is 1. The van der Waals surface area contributed by atoms with Crippen molar-refractivity contribution in [3.05, 3.63) is 28.1 Å². The van der Waals surface area contributed by atoms with Gasteiger partial charge in [-0.1, -0.05) is 0 Å². The van der Waals surface area contributed by atoms with Gasteiger partial charge in [0.1, 0.15) is 5.52 Å². The lowest BCUT2D eigenvalue weighted by atomic mass is 9.82. The van der Waals surface area contributed by atoms with Crippen LogP contribution in [0.15, 0.2) is 21.0 Å². The van der Waals surface area contributed by atoms with Crippen molar-refractivity contribution in [2.24, 2.45) is 5.92 Å². The van der Waals surface area contributed by atoms with Gasteiger partial charge < -0.3 is 13.9 Å². The molecule has 0 radical (unpaired) electrons. The third-order valence-electron chi connectivity index (χ3n) is 4.62. The van der Waals surface area contributed by atoms with Gasteiger partial charge in [0.2, 0.25) is 0 Å². The molecule has 0 bridgehead atoms. The average molecular weight is 410 g/mol. The Morgan fingerprint density at radius 1 is 1.28 bits per heavy atom. The highest BCUT2D eigenvalue weighted by molar-refractivity contribution is 9.10. The Morgan fingerprint density at radius 2 is 2.00 bits per heavy atom. The van der Waals surface area contributed by atoms with E-state index in [1.165, 1.54) is 14.0 Å². The number of methoxy groups -OCH3 is 1. The zero-order chi connectivity index (χ0) is 18.0. The summed E-state index contributed by atoms with van der Waals surface area (Å²) in [6.07, 6.45) is 3.86. The molecule has 7 heteroatoms. The van der Waals surface area contributed by atoms with Crippen molar-refractivity contribution in [2.45, 2.75) is 38.5 Å². The van der Waals surface area contributed by atoms with Gasteiger partial charge in [0.15, 0.2) is 11.5 Å². The first-order valence-electron chi connectivity index (χ1n) is 8.29. The quantitative estimate of drug-likeness (QED) is 0.703. The van der Waals surface area contributed by atoms with Crippen LogP contribution in [0.1, 0.15) is 54.8 Å². The van der Waals surface area contributed by atoms with Gasteiger partial charge in [-0.25, -0.2) is 9.78 Å². The Bertz CT molecular complexity index is 792. The van der Waals surface area contributed by atoms with Crippen LogP contribution in [0.4, 0.5) is 0 Å². The zero-order valence-electron chi connectivity index (χ0n) is 14.2. The molecule has 1 aromatic carbocycles. The standard InChI is InChI=1S/C18H20BrNO5/c1-10(21)24-9-11-3-5-12(6-4-11)17-20-15-7-13(18(22)23-2)14(19)8-16(15)25-17/h7-8,11-12H,3-6,9H2,1-2H3/t11-,12-. The maximum atomic E-state index is 11.8. The number of benzene rings is 1. The third kappa shape index (κ3) is 4.03. The summed E-state index contributed by atoms with van der Waals surface area (Å²) in [6.45, 7) is 1.93. The molecule has 0 aliphatic heterocycles. The van der Waals surface area contributed by atoms with E-state index in [2.05, 4.69) is 20.9 Å². The Balaban J connectivity index is 1.72. The highest BCUT2D eigenvalue weighted by Crippen LogP contribution is 2.37. The molecule has 1 fully saturated rings. The Hall–Kier alpha value is -1.89. The number of ether oxygens (including phenoxy) is 2. The molecule has 1 aromatic heterocycles. The largest absolute Gasteiger partial charge is 0.466 e. The average Bonchev–Trinajstić information content (AvgIpc) is 3.01. The second kappa shape index (κ2) is 7.56. The van der Waals surface area contributed by atoms with E-state index in [4.69, 9.17) is 13.9 Å². The molecule has 0 amide bonds. The molecule has 1 saturated carbocycles. The lowest BCUT2D eigenvalue weighted by Crippen LogP contribution is -2.19. The van der Waals surface area contributed by atoms with E-state index >= 15 is 0 Å². The van der Waals surface area contributed by atoms with Crippen LogP contribution in [0, 0.1) is 5.92 Å². The molecule has 3 rings (SSSR count). The number of aromatic nitrogens is 1. The van der Waals surface area contributed by atoms with Gasteiger partial charge in [0.25, 0.3) is 0 Å². The van der Waals surface area contributed by atoms with E-state index in [0.717, 1.165) is 25.7 Å². The SMILES string of the molecule is COC(=O)c1cc2nc([C@H]3CC[C@H](COC(C)=O)CC3)oc2cc1Br. The molecule has 0 unspecified atom stereocenters. The monoisotopic (exact) mass is 409 g/mol. The molecule has 0 saturated heterocycles. The van der Waals surface area contributed by atoms with Crippen LogP contribution in [-0.2, 0) is 14.3 Å². The number of nitrogens with zero attached hydrogens (tertiary/aromatic N) is 1. The number of fused-ring (bicyclic) bond motifs is 1. The molecule has 6 nitrogen and oxygen atoms in total. The molecule has 2 aromatic rings. The summed E-state index contributed by atoms with van der Waals surface area (Å²) in [4.78, 5) is 27.3. The Kier molecular flexibility index (Phi) is 5.42. The van der Waals surface area contributed by atoms with Gasteiger partial charge in [-0.3, -0.25) is 4.79 Å².